The molecule has 0 spiro atoms. The largest absolute Gasteiger partial charge is 0.507 e. The molecule has 133 heavy (non-hydrogen) atoms. The van der Waals surface area contributed by atoms with Gasteiger partial charge in [0.15, 0.2) is 24.4 Å². The van der Waals surface area contributed by atoms with E-state index in [1.54, 1.807) is 18.3 Å². The van der Waals surface area contributed by atoms with Gasteiger partial charge in [0.25, 0.3) is 0 Å². The highest BCUT2D eigenvalue weighted by Gasteiger charge is 2.42. The summed E-state index contributed by atoms with van der Waals surface area (Å²) in [6.07, 6.45) is 13.5. The van der Waals surface area contributed by atoms with E-state index in [2.05, 4.69) is 60.4 Å². The number of methoxy groups -OCH3 is 3. The first-order valence-electron chi connectivity index (χ1n) is 46.1. The number of aromatic nitrogens is 4. The average molecular weight is 1800 g/mol. The molecule has 3 fully saturated rings. The van der Waals surface area contributed by atoms with Crippen molar-refractivity contribution in [3.8, 4) is 73.3 Å². The van der Waals surface area contributed by atoms with Crippen LogP contribution in [0.4, 0.5) is 0 Å². The maximum atomic E-state index is 13.1. The van der Waals surface area contributed by atoms with E-state index in [1.807, 2.05) is 190 Å². The van der Waals surface area contributed by atoms with Gasteiger partial charge in [-0.2, -0.15) is 0 Å². The van der Waals surface area contributed by atoms with E-state index in [4.69, 9.17) is 77.1 Å². The molecule has 4 unspecified atom stereocenters. The van der Waals surface area contributed by atoms with Gasteiger partial charge in [0.05, 0.1) is 92.2 Å². The number of phenolic OH excluding ortho intramolecular Hbond substituents is 1. The van der Waals surface area contributed by atoms with Crippen LogP contribution in [0.5, 0.6) is 28.7 Å². The molecule has 0 amide bonds. The van der Waals surface area contributed by atoms with Crippen LogP contribution >= 0.6 is 0 Å². The molecule has 12 aromatic rings. The Morgan fingerprint density at radius 2 is 0.624 bits per heavy atom. The third-order valence-electron chi connectivity index (χ3n) is 24.9. The molecule has 0 bridgehead atoms. The van der Waals surface area contributed by atoms with Crippen LogP contribution in [0.3, 0.4) is 0 Å². The zero-order chi connectivity index (χ0) is 95.2. The number of pyridine rings is 4. The Labute approximate surface area is 778 Å². The number of carbonyl (C=O) groups excluding carboxylic acids is 3. The van der Waals surface area contributed by atoms with E-state index in [-0.39, 0.29) is 17.5 Å². The van der Waals surface area contributed by atoms with Crippen molar-refractivity contribution >= 4 is 74.6 Å². The summed E-state index contributed by atoms with van der Waals surface area (Å²) in [5.74, 6) is 2.24. The summed E-state index contributed by atoms with van der Waals surface area (Å²) in [5, 5.41) is 41.8. The quantitative estimate of drug-likeness (QED) is 0.0332. The number of aliphatic carboxylic acids is 1. The fourth-order valence-corrected chi connectivity index (χ4v) is 18.5. The zero-order valence-corrected chi connectivity index (χ0v) is 80.1. The first kappa shape index (κ1) is 95.7. The Bertz CT molecular complexity index is 6240. The predicted molar refractivity (Wildman–Crippen MR) is 516 cm³/mol. The Morgan fingerprint density at radius 3 is 0.910 bits per heavy atom. The van der Waals surface area contributed by atoms with Crippen molar-refractivity contribution in [2.75, 3.05) is 47.8 Å². The summed E-state index contributed by atoms with van der Waals surface area (Å²) in [5.41, 5.74) is 23.3. The van der Waals surface area contributed by atoms with Gasteiger partial charge >= 0.3 is 31.0 Å². The van der Waals surface area contributed by atoms with Crippen LogP contribution in [0, 0.1) is 34.6 Å². The summed E-state index contributed by atoms with van der Waals surface area (Å²) in [4.78, 5) is 70.2. The molecular weight excluding hydrogens is 1680 g/mol. The molecule has 3 aliphatic carbocycles. The minimum atomic E-state index is -1.06. The van der Waals surface area contributed by atoms with Crippen LogP contribution in [0.15, 0.2) is 146 Å². The third kappa shape index (κ3) is 20.9. The lowest BCUT2D eigenvalue weighted by molar-refractivity contribution is -0.164. The maximum absolute atomic E-state index is 13.1. The second-order valence-corrected chi connectivity index (χ2v) is 39.5. The fourth-order valence-electron chi connectivity index (χ4n) is 18.5. The maximum Gasteiger partial charge on any atom is 0.454 e. The number of aryl methyl sites for hydroxylation is 5. The van der Waals surface area contributed by atoms with Crippen LogP contribution in [0.2, 0.25) is 5.82 Å². The number of aromatic hydroxyl groups is 1. The number of phenols is 1. The topological polar surface area (TPSA) is 302 Å². The standard InChI is InChI=1S/C28H31NO4.C27H29NO4.C26H29NO4.C25H27NO5.C3H7BO2/c1-16-6-9-19(17-7-8-17)24(22(16)26(27(30)31-5)33-28(2,3)4)20-10-11-21-23-18(13-15-32-21)12-14-29-25(20)23;1-15-5-8-18(16-6-7-16)23(21(15)25(26(29)30)32-27(2,3)4)19-9-10-20-22-17(12-14-31-20)11-13-28-24(19)22;1-15-7-8-16(2)21(24(25(28)29-6)31-26(3,4)5)20(15)18-9-10-19-22-17(12-14-30-19)11-13-27-23(18)22;1-14-6-8-17(27)21(19(14)23(24(28)29-5)31-25(2,3)4)16-7-9-18-20-15(11-13-30-18)10-12-26-22(16)20;5-4(6)3-1-2-3/h6,9-12,14,17,26H,7-8,13,15H2,1-5H3;5,8-11,13,16,25H,6-7,12,14H2,1-4H3,(H,29,30);7-11,13,24H,12,14H2,1-6H3;6-10,12,23,27H,11,13H2,1-5H3;3,5-6H,1-2H2. The Morgan fingerprint density at radius 1 is 0.353 bits per heavy atom. The highest BCUT2D eigenvalue weighted by Crippen LogP contribution is 2.55. The van der Waals surface area contributed by atoms with E-state index >= 15 is 0 Å². The van der Waals surface area contributed by atoms with Crippen molar-refractivity contribution in [1.29, 1.82) is 0 Å². The van der Waals surface area contributed by atoms with Crippen molar-refractivity contribution < 1.29 is 91.5 Å². The van der Waals surface area contributed by atoms with Gasteiger partial charge in [-0.15, -0.1) is 0 Å². The lowest BCUT2D eigenvalue weighted by atomic mass is 9.84. The second kappa shape index (κ2) is 39.0. The van der Waals surface area contributed by atoms with E-state index in [9.17, 15) is 29.4 Å². The zero-order valence-electron chi connectivity index (χ0n) is 80.1. The number of nitrogens with zero attached hydrogens (tertiary/aromatic N) is 4. The third-order valence-corrected chi connectivity index (χ3v) is 24.9. The molecule has 8 heterocycles. The highest BCUT2D eigenvalue weighted by atomic mass is 16.6. The van der Waals surface area contributed by atoms with Crippen LogP contribution in [0.25, 0.3) is 88.1 Å². The highest BCUT2D eigenvalue weighted by molar-refractivity contribution is 6.44. The number of esters is 3. The van der Waals surface area contributed by atoms with Gasteiger partial charge in [0.2, 0.25) is 0 Å². The second-order valence-electron chi connectivity index (χ2n) is 39.5. The molecule has 24 heteroatoms. The van der Waals surface area contributed by atoms with Gasteiger partial charge in [0.1, 0.15) is 28.7 Å². The number of hydrogen-bond acceptors (Lipinski definition) is 22. The summed E-state index contributed by atoms with van der Waals surface area (Å²) in [6.45, 7) is 35.6. The van der Waals surface area contributed by atoms with Crippen molar-refractivity contribution in [3.63, 3.8) is 0 Å². The van der Waals surface area contributed by atoms with Crippen LogP contribution in [-0.4, -0.2) is 141 Å². The number of hydrogen-bond donors (Lipinski definition) is 4. The molecule has 23 nitrogen and oxygen atoms in total. The SMILES string of the molecule is COC(=O)C(OC(C)(C)C)c1c(C)ccc(C)c1-c1ccc2c3c(ccnc13)CCO2.COC(=O)C(OC(C)(C)C)c1c(C)ccc(C2CC2)c1-c1ccc2c3c(ccnc13)CCO2.COC(=O)C(OC(C)(C)C)c1c(C)ccc(O)c1-c1ccc2c3c(ccnc13)CCO2.Cc1ccc(C2CC2)c(-c2ccc3c4c(ccnc24)CCO3)c1C(OC(C)(C)C)C(=O)O.OB(O)C1CC1. The molecule has 4 aliphatic heterocycles. The molecular formula is C109H123BN4O19. The van der Waals surface area contributed by atoms with Crippen LogP contribution in [-0.2, 0) is 78.0 Å². The summed E-state index contributed by atoms with van der Waals surface area (Å²) >= 11 is 0. The summed E-state index contributed by atoms with van der Waals surface area (Å²) in [6, 6.07) is 40.2. The van der Waals surface area contributed by atoms with Crippen molar-refractivity contribution in [2.24, 2.45) is 0 Å². The number of carbonyl (C=O) groups is 4. The van der Waals surface area contributed by atoms with E-state index in [0.29, 0.717) is 55.0 Å². The molecule has 3 saturated carbocycles. The van der Waals surface area contributed by atoms with E-state index in [1.165, 1.54) is 49.1 Å². The van der Waals surface area contributed by atoms with E-state index < -0.39 is 71.8 Å². The van der Waals surface area contributed by atoms with Crippen molar-refractivity contribution in [3.05, 3.63) is 230 Å². The van der Waals surface area contributed by atoms with Gasteiger partial charge < -0.3 is 72.4 Å². The molecule has 696 valence electrons. The van der Waals surface area contributed by atoms with Crippen LogP contribution in [0.1, 0.15) is 241 Å². The lowest BCUT2D eigenvalue weighted by Gasteiger charge is -2.30. The smallest absolute Gasteiger partial charge is 0.454 e. The predicted octanol–water partition coefficient (Wildman–Crippen LogP) is 22.0. The Hall–Kier alpha value is -11.9. The Balaban J connectivity index is 0.000000132. The molecule has 4 atom stereocenters. The minimum Gasteiger partial charge on any atom is -0.507 e. The number of carboxylic acids is 1. The minimum absolute atomic E-state index is 0.0474. The van der Waals surface area contributed by atoms with Crippen LogP contribution < -0.4 is 18.9 Å². The molecule has 0 saturated heterocycles. The molecule has 19 rings (SSSR count). The van der Waals surface area contributed by atoms with Gasteiger partial charge in [-0.1, -0.05) is 55.3 Å². The lowest BCUT2D eigenvalue weighted by Crippen LogP contribution is -2.29. The first-order chi connectivity index (χ1) is 63.2. The van der Waals surface area contributed by atoms with Gasteiger partial charge in [0, 0.05) is 122 Å². The molecule has 4 aromatic heterocycles. The van der Waals surface area contributed by atoms with E-state index in [0.717, 1.165) is 214 Å². The number of ether oxygens (including phenoxy) is 11. The van der Waals surface area contributed by atoms with Crippen molar-refractivity contribution in [2.45, 2.75) is 246 Å². The normalized spacial score (nSPS) is 15.7. The fraction of sp³-hybridized carbons (Fsp3) is 0.413. The van der Waals surface area contributed by atoms with Gasteiger partial charge in [-0.3, -0.25) is 19.9 Å². The van der Waals surface area contributed by atoms with Crippen molar-refractivity contribution in [1.82, 2.24) is 19.9 Å². The van der Waals surface area contributed by atoms with Gasteiger partial charge in [-0.05, 0) is 318 Å². The number of rotatable bonds is 19. The average Bonchev–Trinajstić information content (AvgIpc) is 1.75. The molecule has 4 N–H and O–H groups in total. The van der Waals surface area contributed by atoms with Gasteiger partial charge in [-0.25, -0.2) is 19.2 Å². The Kier molecular flexibility index (Phi) is 28.0. The first-order valence-corrected chi connectivity index (χ1v) is 46.1. The number of carboxylic acid groups (broad SMARTS) is 1. The monoisotopic (exact) mass is 1800 g/mol. The summed E-state index contributed by atoms with van der Waals surface area (Å²) in [7, 11) is 3.11. The molecule has 7 aliphatic rings. The summed E-state index contributed by atoms with van der Waals surface area (Å²) < 4.78 is 63.9. The molecule has 8 aromatic carbocycles. The molecule has 0 radical (unpaired) electrons. The number of benzene rings is 8.